The summed E-state index contributed by atoms with van der Waals surface area (Å²) in [4.78, 5) is 0. The maximum absolute atomic E-state index is 15.7. The Balaban J connectivity index is 1.65. The Kier molecular flexibility index (Phi) is 9.65. The molecule has 230 valence electrons. The van der Waals surface area contributed by atoms with Gasteiger partial charge in [0, 0.05) is 0 Å². The highest BCUT2D eigenvalue weighted by Crippen LogP contribution is 2.64. The molecule has 0 heterocycles. The van der Waals surface area contributed by atoms with Crippen molar-refractivity contribution in [3.8, 4) is 0 Å². The van der Waals surface area contributed by atoms with Crippen LogP contribution in [-0.2, 0) is 29.3 Å². The molecule has 0 aliphatic carbocycles. The SMILES string of the molecule is CC(Cl)OP(=O)(OC(c1ccccc1)(c1ccccc1)c1ccccc1)OC(c1ccccc1)(c1ccccc1)c1ccccc1. The zero-order chi connectivity index (χ0) is 31.9. The van der Waals surface area contributed by atoms with Crippen LogP contribution in [0.3, 0.4) is 0 Å². The van der Waals surface area contributed by atoms with Crippen molar-refractivity contribution in [2.24, 2.45) is 0 Å². The molecule has 46 heavy (non-hydrogen) atoms. The van der Waals surface area contributed by atoms with E-state index in [2.05, 4.69) is 0 Å². The topological polar surface area (TPSA) is 44.8 Å². The van der Waals surface area contributed by atoms with Crippen molar-refractivity contribution in [2.45, 2.75) is 23.7 Å². The quantitative estimate of drug-likeness (QED) is 0.0755. The highest BCUT2D eigenvalue weighted by Gasteiger charge is 2.52. The fraction of sp³-hybridized carbons (Fsp3) is 0.100. The Bertz CT molecular complexity index is 1530. The molecule has 0 saturated heterocycles. The molecular formula is C40H34ClO4P. The minimum absolute atomic E-state index is 0.742. The van der Waals surface area contributed by atoms with E-state index in [0.717, 1.165) is 33.4 Å². The summed E-state index contributed by atoms with van der Waals surface area (Å²) >= 11 is 6.54. The Morgan fingerprint density at radius 2 is 0.630 bits per heavy atom. The normalized spacial score (nSPS) is 12.8. The van der Waals surface area contributed by atoms with Crippen LogP contribution in [-0.4, -0.2) is 5.56 Å². The molecule has 6 aromatic rings. The van der Waals surface area contributed by atoms with Crippen LogP contribution >= 0.6 is 19.4 Å². The van der Waals surface area contributed by atoms with Crippen molar-refractivity contribution >= 4 is 19.4 Å². The van der Waals surface area contributed by atoms with E-state index < -0.39 is 24.6 Å². The van der Waals surface area contributed by atoms with Gasteiger partial charge in [-0.25, -0.2) is 4.57 Å². The van der Waals surface area contributed by atoms with Crippen LogP contribution in [0.1, 0.15) is 40.3 Å². The van der Waals surface area contributed by atoms with Crippen LogP contribution in [0.15, 0.2) is 182 Å². The predicted molar refractivity (Wildman–Crippen MR) is 185 cm³/mol. The molecule has 0 bridgehead atoms. The number of benzene rings is 6. The van der Waals surface area contributed by atoms with E-state index in [4.69, 9.17) is 25.2 Å². The molecule has 0 spiro atoms. The first kappa shape index (κ1) is 31.7. The molecule has 0 fully saturated rings. The molecule has 4 nitrogen and oxygen atoms in total. The zero-order valence-corrected chi connectivity index (χ0v) is 27.0. The molecular weight excluding hydrogens is 611 g/mol. The lowest BCUT2D eigenvalue weighted by Crippen LogP contribution is -2.36. The van der Waals surface area contributed by atoms with Gasteiger partial charge in [0.1, 0.15) is 5.56 Å². The zero-order valence-electron chi connectivity index (χ0n) is 25.4. The van der Waals surface area contributed by atoms with Crippen molar-refractivity contribution in [3.63, 3.8) is 0 Å². The van der Waals surface area contributed by atoms with Gasteiger partial charge in [0.15, 0.2) is 11.2 Å². The van der Waals surface area contributed by atoms with Crippen LogP contribution in [0.2, 0.25) is 0 Å². The average molecular weight is 645 g/mol. The third-order valence-electron chi connectivity index (χ3n) is 7.85. The monoisotopic (exact) mass is 644 g/mol. The van der Waals surface area contributed by atoms with Crippen LogP contribution in [0.4, 0.5) is 0 Å². The molecule has 0 radical (unpaired) electrons. The summed E-state index contributed by atoms with van der Waals surface area (Å²) in [5.41, 5.74) is 0.600. The minimum Gasteiger partial charge on any atom is -0.268 e. The van der Waals surface area contributed by atoms with Gasteiger partial charge in [-0.2, -0.15) is 0 Å². The standard InChI is InChI=1S/C40H34ClO4P/c1-32(41)43-46(42,44-39(33-20-8-2-9-21-33,34-22-10-3-11-23-34)35-24-12-4-13-25-35)45-40(36-26-14-5-15-27-36,37-28-16-6-17-29-37)38-30-18-7-19-31-38/h2-32H,1H3. The largest absolute Gasteiger partial charge is 0.479 e. The highest BCUT2D eigenvalue weighted by atomic mass is 35.5. The van der Waals surface area contributed by atoms with Gasteiger partial charge in [0.25, 0.3) is 0 Å². The van der Waals surface area contributed by atoms with Gasteiger partial charge in [-0.15, -0.1) is 0 Å². The van der Waals surface area contributed by atoms with E-state index in [0.29, 0.717) is 0 Å². The number of hydrogen-bond donors (Lipinski definition) is 0. The molecule has 0 aliphatic rings. The lowest BCUT2D eigenvalue weighted by atomic mass is 9.80. The van der Waals surface area contributed by atoms with Crippen molar-refractivity contribution in [1.29, 1.82) is 0 Å². The highest BCUT2D eigenvalue weighted by molar-refractivity contribution is 7.48. The maximum atomic E-state index is 15.7. The van der Waals surface area contributed by atoms with Gasteiger partial charge < -0.3 is 0 Å². The van der Waals surface area contributed by atoms with E-state index in [-0.39, 0.29) is 0 Å². The Hall–Kier alpha value is -4.28. The maximum Gasteiger partial charge on any atom is 0.479 e. The van der Waals surface area contributed by atoms with Crippen LogP contribution < -0.4 is 0 Å². The third-order valence-corrected chi connectivity index (χ3v) is 9.64. The van der Waals surface area contributed by atoms with E-state index >= 15 is 4.57 Å². The molecule has 0 N–H and O–H groups in total. The van der Waals surface area contributed by atoms with Gasteiger partial charge >= 0.3 is 7.82 Å². The fourth-order valence-electron chi connectivity index (χ4n) is 5.93. The van der Waals surface area contributed by atoms with Gasteiger partial charge in [0.2, 0.25) is 0 Å². The average Bonchev–Trinajstić information content (AvgIpc) is 3.12. The lowest BCUT2D eigenvalue weighted by molar-refractivity contribution is 0.0139. The molecule has 1 unspecified atom stereocenters. The van der Waals surface area contributed by atoms with Gasteiger partial charge in [-0.1, -0.05) is 194 Å². The smallest absolute Gasteiger partial charge is 0.268 e. The number of phosphoric acid groups is 1. The van der Waals surface area contributed by atoms with Gasteiger partial charge in [-0.3, -0.25) is 13.6 Å². The fourth-order valence-corrected chi connectivity index (χ4v) is 8.00. The summed E-state index contributed by atoms with van der Waals surface area (Å²) in [6, 6.07) is 58.2. The second kappa shape index (κ2) is 14.0. The molecule has 1 atom stereocenters. The second-order valence-corrected chi connectivity index (χ2v) is 12.9. The molecule has 0 saturated carbocycles. The molecule has 6 heteroatoms. The Morgan fingerprint density at radius 1 is 0.435 bits per heavy atom. The van der Waals surface area contributed by atoms with E-state index in [1.807, 2.05) is 182 Å². The van der Waals surface area contributed by atoms with Crippen LogP contribution in [0.25, 0.3) is 0 Å². The van der Waals surface area contributed by atoms with Crippen molar-refractivity contribution in [2.75, 3.05) is 0 Å². The summed E-state index contributed by atoms with van der Waals surface area (Å²) in [6.45, 7) is 1.60. The van der Waals surface area contributed by atoms with E-state index in [9.17, 15) is 0 Å². The molecule has 6 aromatic carbocycles. The molecule has 0 amide bonds. The summed E-state index contributed by atoms with van der Waals surface area (Å²) in [6.07, 6.45) is 0. The third kappa shape index (κ3) is 6.37. The van der Waals surface area contributed by atoms with Crippen LogP contribution in [0.5, 0.6) is 0 Å². The first-order chi connectivity index (χ1) is 22.5. The Labute approximate surface area is 275 Å². The number of hydrogen-bond acceptors (Lipinski definition) is 4. The predicted octanol–water partition coefficient (Wildman–Crippen LogP) is 10.7. The first-order valence-corrected chi connectivity index (χ1v) is 17.0. The molecule has 6 rings (SSSR count). The van der Waals surface area contributed by atoms with Crippen molar-refractivity contribution < 1.29 is 18.1 Å². The molecule has 0 aliphatic heterocycles. The summed E-state index contributed by atoms with van der Waals surface area (Å²) in [7, 11) is -4.64. The van der Waals surface area contributed by atoms with Crippen LogP contribution in [0, 0.1) is 0 Å². The van der Waals surface area contributed by atoms with E-state index in [1.54, 1.807) is 6.92 Å². The number of rotatable bonds is 12. The number of alkyl halides is 1. The van der Waals surface area contributed by atoms with Gasteiger partial charge in [-0.05, 0) is 40.3 Å². The summed E-state index contributed by atoms with van der Waals surface area (Å²) in [5.74, 6) is 0. The summed E-state index contributed by atoms with van der Waals surface area (Å²) in [5, 5.41) is 0. The first-order valence-electron chi connectivity index (χ1n) is 15.1. The van der Waals surface area contributed by atoms with E-state index in [1.165, 1.54) is 0 Å². The Morgan fingerprint density at radius 3 is 0.804 bits per heavy atom. The minimum atomic E-state index is -4.64. The second-order valence-electron chi connectivity index (χ2n) is 10.8. The summed E-state index contributed by atoms with van der Waals surface area (Å²) < 4.78 is 36.0. The van der Waals surface area contributed by atoms with Crippen molar-refractivity contribution in [3.05, 3.63) is 215 Å². The van der Waals surface area contributed by atoms with Gasteiger partial charge in [0.05, 0.1) is 0 Å². The van der Waals surface area contributed by atoms with Crippen molar-refractivity contribution in [1.82, 2.24) is 0 Å². The lowest BCUT2D eigenvalue weighted by Gasteiger charge is -2.42. The molecule has 0 aromatic heterocycles. The number of halogens is 1. The number of phosphoric ester groups is 1.